The normalized spacial score (nSPS) is 16.3. The Morgan fingerprint density at radius 3 is 2.69 bits per heavy atom. The molecule has 6 nitrogen and oxygen atoms in total. The lowest BCUT2D eigenvalue weighted by Gasteiger charge is -2.37. The largest absolute Gasteiger partial charge is 0.497 e. The number of aromatic nitrogens is 2. The Balaban J connectivity index is 1.78. The summed E-state index contributed by atoms with van der Waals surface area (Å²) in [5.41, 5.74) is 3.89. The first-order valence-corrected chi connectivity index (χ1v) is 11.4. The van der Waals surface area contributed by atoms with Crippen LogP contribution in [0.3, 0.4) is 0 Å². The van der Waals surface area contributed by atoms with E-state index >= 15 is 0 Å². The monoisotopic (exact) mass is 448 g/mol. The van der Waals surface area contributed by atoms with Crippen LogP contribution in [0.4, 0.5) is 0 Å². The number of thiocarbonyl (C=S) groups is 1. The molecule has 0 aliphatic carbocycles. The summed E-state index contributed by atoms with van der Waals surface area (Å²) in [5, 5.41) is 8.46. The maximum Gasteiger partial charge on any atom is 0.258 e. The molecule has 0 radical (unpaired) electrons. The van der Waals surface area contributed by atoms with Gasteiger partial charge in [-0.25, -0.2) is 0 Å². The summed E-state index contributed by atoms with van der Waals surface area (Å²) < 4.78 is 11.2. The van der Waals surface area contributed by atoms with Crippen molar-refractivity contribution in [2.45, 2.75) is 39.2 Å². The van der Waals surface area contributed by atoms with Crippen LogP contribution in [0, 0.1) is 0 Å². The van der Waals surface area contributed by atoms with E-state index in [1.807, 2.05) is 48.5 Å². The van der Waals surface area contributed by atoms with E-state index in [2.05, 4.69) is 35.3 Å². The fourth-order valence-electron chi connectivity index (χ4n) is 3.96. The fourth-order valence-corrected chi connectivity index (χ4v) is 4.30. The molecule has 32 heavy (non-hydrogen) atoms. The highest BCUT2D eigenvalue weighted by Crippen LogP contribution is 2.38. The molecule has 1 aromatic heterocycles. The van der Waals surface area contributed by atoms with Crippen molar-refractivity contribution in [2.24, 2.45) is 0 Å². The first-order chi connectivity index (χ1) is 15.6. The van der Waals surface area contributed by atoms with Crippen LogP contribution in [0.5, 0.6) is 5.75 Å². The Hall–Kier alpha value is -3.19. The van der Waals surface area contributed by atoms with Gasteiger partial charge in [-0.15, -0.1) is 0 Å². The number of unbranched alkanes of at least 4 members (excludes halogenated alkanes) is 2. The third kappa shape index (κ3) is 4.53. The molecular weight excluding hydrogens is 420 g/mol. The Kier molecular flexibility index (Phi) is 6.85. The molecule has 1 atom stereocenters. The van der Waals surface area contributed by atoms with Crippen LogP contribution < -0.4 is 10.1 Å². The molecule has 2 aromatic carbocycles. The number of allylic oxidation sites excluding steroid dienone is 1. The molecule has 0 saturated carbocycles. The molecule has 7 heteroatoms. The van der Waals surface area contributed by atoms with Gasteiger partial charge < -0.3 is 19.5 Å². The highest BCUT2D eigenvalue weighted by Gasteiger charge is 2.34. The average Bonchev–Trinajstić information content (AvgIpc) is 3.31. The topological polar surface area (TPSA) is 63.4 Å². The number of methoxy groups -OCH3 is 1. The second kappa shape index (κ2) is 9.96. The van der Waals surface area contributed by atoms with Crippen molar-refractivity contribution in [3.05, 3.63) is 71.7 Å². The van der Waals surface area contributed by atoms with Crippen molar-refractivity contribution in [1.82, 2.24) is 20.4 Å². The summed E-state index contributed by atoms with van der Waals surface area (Å²) in [6.45, 7) is 5.12. The zero-order valence-corrected chi connectivity index (χ0v) is 19.5. The number of nitrogens with one attached hydrogen (secondary N) is 1. The van der Waals surface area contributed by atoms with Gasteiger partial charge in [-0.1, -0.05) is 67.4 Å². The van der Waals surface area contributed by atoms with Gasteiger partial charge in [-0.05, 0) is 43.3 Å². The van der Waals surface area contributed by atoms with E-state index in [1.165, 1.54) is 0 Å². The number of ether oxygens (including phenoxy) is 1. The number of nitrogens with zero attached hydrogens (tertiary/aromatic N) is 3. The number of hydrogen-bond acceptors (Lipinski definition) is 5. The van der Waals surface area contributed by atoms with Crippen molar-refractivity contribution >= 4 is 22.9 Å². The van der Waals surface area contributed by atoms with Crippen LogP contribution in [0.1, 0.15) is 50.6 Å². The summed E-state index contributed by atoms with van der Waals surface area (Å²) in [6, 6.07) is 17.6. The summed E-state index contributed by atoms with van der Waals surface area (Å²) in [5.74, 6) is 1.84. The Labute approximate surface area is 194 Å². The molecule has 0 saturated heterocycles. The zero-order valence-electron chi connectivity index (χ0n) is 18.7. The second-order valence-electron chi connectivity index (χ2n) is 7.81. The predicted molar refractivity (Wildman–Crippen MR) is 130 cm³/mol. The van der Waals surface area contributed by atoms with Gasteiger partial charge in [0.05, 0.1) is 18.7 Å². The minimum absolute atomic E-state index is 0.218. The van der Waals surface area contributed by atoms with Crippen LogP contribution in [0.15, 0.2) is 64.8 Å². The smallest absolute Gasteiger partial charge is 0.258 e. The van der Waals surface area contributed by atoms with Crippen LogP contribution in [0.2, 0.25) is 0 Å². The van der Waals surface area contributed by atoms with E-state index in [0.29, 0.717) is 16.8 Å². The van der Waals surface area contributed by atoms with Crippen LogP contribution in [0.25, 0.3) is 17.0 Å². The lowest BCUT2D eigenvalue weighted by Crippen LogP contribution is -2.46. The summed E-state index contributed by atoms with van der Waals surface area (Å²) in [7, 11) is 1.67. The van der Waals surface area contributed by atoms with Gasteiger partial charge >= 0.3 is 0 Å². The molecule has 1 aliphatic heterocycles. The highest BCUT2D eigenvalue weighted by atomic mass is 32.1. The molecule has 2 heterocycles. The quantitative estimate of drug-likeness (QED) is 0.355. The van der Waals surface area contributed by atoms with Gasteiger partial charge in [0.2, 0.25) is 5.82 Å². The lowest BCUT2D eigenvalue weighted by molar-refractivity contribution is 0.394. The van der Waals surface area contributed by atoms with E-state index in [4.69, 9.17) is 26.5 Å². The van der Waals surface area contributed by atoms with E-state index < -0.39 is 0 Å². The zero-order chi connectivity index (χ0) is 22.5. The molecule has 0 bridgehead atoms. The number of rotatable bonds is 8. The van der Waals surface area contributed by atoms with Crippen molar-refractivity contribution in [2.75, 3.05) is 13.7 Å². The molecule has 166 valence electrons. The van der Waals surface area contributed by atoms with Crippen LogP contribution in [-0.4, -0.2) is 33.8 Å². The van der Waals surface area contributed by atoms with Crippen LogP contribution in [-0.2, 0) is 0 Å². The summed E-state index contributed by atoms with van der Waals surface area (Å²) >= 11 is 5.76. The summed E-state index contributed by atoms with van der Waals surface area (Å²) in [4.78, 5) is 6.89. The first kappa shape index (κ1) is 22.0. The second-order valence-corrected chi connectivity index (χ2v) is 8.19. The third-order valence-corrected chi connectivity index (χ3v) is 6.04. The molecule has 1 aliphatic rings. The minimum atomic E-state index is -0.218. The van der Waals surface area contributed by atoms with Crippen molar-refractivity contribution in [3.63, 3.8) is 0 Å². The number of hydrogen-bond donors (Lipinski definition) is 1. The molecule has 0 spiro atoms. The maximum atomic E-state index is 5.79. The Bertz CT molecular complexity index is 1110. The Morgan fingerprint density at radius 2 is 1.94 bits per heavy atom. The average molecular weight is 449 g/mol. The first-order valence-electron chi connectivity index (χ1n) is 10.9. The Morgan fingerprint density at radius 1 is 1.12 bits per heavy atom. The SMILES string of the molecule is CCCCCN1C(=S)NC(c2cccc(OC)c2)C(c2nc(-c3ccccc3)no2)=C1C. The van der Waals surface area contributed by atoms with E-state index in [-0.39, 0.29) is 6.04 Å². The van der Waals surface area contributed by atoms with Crippen molar-refractivity contribution < 1.29 is 9.26 Å². The van der Waals surface area contributed by atoms with E-state index in [9.17, 15) is 0 Å². The fraction of sp³-hybridized carbons (Fsp3) is 0.320. The van der Waals surface area contributed by atoms with Gasteiger partial charge in [-0.2, -0.15) is 4.98 Å². The van der Waals surface area contributed by atoms with Crippen molar-refractivity contribution in [3.8, 4) is 17.1 Å². The standard InChI is InChI=1S/C25H28N4O2S/c1-4-5-9-15-29-17(2)21(24-27-23(28-31-24)18-11-7-6-8-12-18)22(26-25(29)32)19-13-10-14-20(16-19)30-3/h6-8,10-14,16,22H,4-5,9,15H2,1-3H3,(H,26,32). The van der Waals surface area contributed by atoms with Gasteiger partial charge in [0, 0.05) is 17.8 Å². The van der Waals surface area contributed by atoms with Gasteiger partial charge in [0.25, 0.3) is 5.89 Å². The van der Waals surface area contributed by atoms with E-state index in [0.717, 1.165) is 54.0 Å². The molecule has 0 fully saturated rings. The molecule has 3 aromatic rings. The predicted octanol–water partition coefficient (Wildman–Crippen LogP) is 5.60. The molecular formula is C25H28N4O2S. The highest BCUT2D eigenvalue weighted by molar-refractivity contribution is 7.80. The van der Waals surface area contributed by atoms with Gasteiger partial charge in [0.15, 0.2) is 5.11 Å². The summed E-state index contributed by atoms with van der Waals surface area (Å²) in [6.07, 6.45) is 3.37. The molecule has 1 unspecified atom stereocenters. The van der Waals surface area contributed by atoms with Crippen LogP contribution >= 0.6 is 12.2 Å². The van der Waals surface area contributed by atoms with Gasteiger partial charge in [0.1, 0.15) is 5.75 Å². The minimum Gasteiger partial charge on any atom is -0.497 e. The maximum absolute atomic E-state index is 5.79. The third-order valence-electron chi connectivity index (χ3n) is 5.70. The lowest BCUT2D eigenvalue weighted by atomic mass is 9.94. The van der Waals surface area contributed by atoms with E-state index in [1.54, 1.807) is 7.11 Å². The molecule has 1 N–H and O–H groups in total. The van der Waals surface area contributed by atoms with Crippen molar-refractivity contribution in [1.29, 1.82) is 0 Å². The van der Waals surface area contributed by atoms with Gasteiger partial charge in [-0.3, -0.25) is 0 Å². The molecule has 4 rings (SSSR count). The molecule has 0 amide bonds. The number of benzene rings is 2.